The van der Waals surface area contributed by atoms with Crippen molar-refractivity contribution in [3.8, 4) is 0 Å². The highest BCUT2D eigenvalue weighted by Crippen LogP contribution is 2.65. The van der Waals surface area contributed by atoms with E-state index in [-0.39, 0.29) is 28.6 Å². The molecule has 7 atom stereocenters. The molecule has 4 saturated carbocycles. The molecule has 4 fully saturated rings. The van der Waals surface area contributed by atoms with Gasteiger partial charge in [0, 0.05) is 6.42 Å². The zero-order valence-electron chi connectivity index (χ0n) is 14.3. The maximum Gasteiger partial charge on any atom is 0.337 e. The Morgan fingerprint density at radius 2 is 1.78 bits per heavy atom. The fourth-order valence-electron chi connectivity index (χ4n) is 7.07. The number of fused-ring (bicyclic) bond motifs is 5. The maximum absolute atomic E-state index is 12.1. The summed E-state index contributed by atoms with van der Waals surface area (Å²) < 4.78 is 0. The lowest BCUT2D eigenvalue weighted by Gasteiger charge is -2.58. The number of hydrogen-bond acceptors (Lipinski definition) is 2. The molecule has 4 aliphatic carbocycles. The van der Waals surface area contributed by atoms with Crippen molar-refractivity contribution in [2.75, 3.05) is 0 Å². The molecule has 0 saturated heterocycles. The molecule has 4 nitrogen and oxygen atoms in total. The van der Waals surface area contributed by atoms with Crippen LogP contribution in [0.1, 0.15) is 65.2 Å². The summed E-state index contributed by atoms with van der Waals surface area (Å²) in [6.07, 6.45) is 7.75. The SMILES string of the molecule is C[C@]12CCC(=O)C(=[N+]=[N-])C1CC[C@@H]1[C@H]2CC[C@]2(C)C(O)CC[C@@H]12. The summed E-state index contributed by atoms with van der Waals surface area (Å²) in [5.41, 5.74) is 10.0. The number of ketones is 1. The van der Waals surface area contributed by atoms with Crippen LogP contribution >= 0.6 is 0 Å². The lowest BCUT2D eigenvalue weighted by molar-refractivity contribution is -0.135. The Hall–Kier alpha value is -0.990. The van der Waals surface area contributed by atoms with Crippen LogP contribution in [0.4, 0.5) is 0 Å². The summed E-state index contributed by atoms with van der Waals surface area (Å²) in [4.78, 5) is 15.6. The van der Waals surface area contributed by atoms with Gasteiger partial charge in [-0.15, -0.1) is 0 Å². The van der Waals surface area contributed by atoms with Crippen LogP contribution in [0.2, 0.25) is 0 Å². The summed E-state index contributed by atoms with van der Waals surface area (Å²) in [7, 11) is 0. The monoisotopic (exact) mass is 316 g/mol. The molecule has 1 N–H and O–H groups in total. The Labute approximate surface area is 138 Å². The van der Waals surface area contributed by atoms with Gasteiger partial charge >= 0.3 is 5.71 Å². The van der Waals surface area contributed by atoms with Gasteiger partial charge in [0.2, 0.25) is 5.78 Å². The van der Waals surface area contributed by atoms with Crippen molar-refractivity contribution in [2.24, 2.45) is 34.5 Å². The average molecular weight is 316 g/mol. The summed E-state index contributed by atoms with van der Waals surface area (Å²) in [6, 6.07) is 0. The molecule has 0 aromatic heterocycles. The summed E-state index contributed by atoms with van der Waals surface area (Å²) in [6.45, 7) is 4.63. The van der Waals surface area contributed by atoms with E-state index in [9.17, 15) is 15.4 Å². The zero-order valence-corrected chi connectivity index (χ0v) is 14.3. The average Bonchev–Trinajstić information content (AvgIpc) is 2.83. The largest absolute Gasteiger partial charge is 0.393 e. The van der Waals surface area contributed by atoms with Crippen LogP contribution in [0.5, 0.6) is 0 Å². The molecule has 2 unspecified atom stereocenters. The van der Waals surface area contributed by atoms with Gasteiger partial charge in [0.25, 0.3) is 0 Å². The first-order chi connectivity index (χ1) is 10.9. The second-order valence-corrected chi connectivity index (χ2v) is 9.06. The Morgan fingerprint density at radius 3 is 2.52 bits per heavy atom. The van der Waals surface area contributed by atoms with Crippen LogP contribution in [0.15, 0.2) is 0 Å². The predicted octanol–water partition coefficient (Wildman–Crippen LogP) is 3.24. The van der Waals surface area contributed by atoms with E-state index in [4.69, 9.17) is 0 Å². The van der Waals surface area contributed by atoms with Crippen molar-refractivity contribution in [1.29, 1.82) is 0 Å². The highest BCUT2D eigenvalue weighted by Gasteiger charge is 2.62. The van der Waals surface area contributed by atoms with Crippen LogP contribution in [0, 0.1) is 34.5 Å². The number of rotatable bonds is 0. The fourth-order valence-corrected chi connectivity index (χ4v) is 7.07. The van der Waals surface area contributed by atoms with Gasteiger partial charge in [0.15, 0.2) is 0 Å². The minimum atomic E-state index is -0.138. The van der Waals surface area contributed by atoms with E-state index in [1.165, 1.54) is 0 Å². The standard InChI is InChI=1S/C19H28N2O2/c1-18-10-8-15(22)17(21-20)14(18)4-3-11-12-5-6-16(23)19(12,2)9-7-13(11)18/h11-14,16,23H,3-10H2,1-2H3/t11-,12-,13+,14?,16?,18+,19-/m0/s1. The number of nitrogens with zero attached hydrogens (tertiary/aromatic N) is 2. The van der Waals surface area contributed by atoms with E-state index < -0.39 is 0 Å². The number of aliphatic hydroxyl groups excluding tert-OH is 1. The van der Waals surface area contributed by atoms with Gasteiger partial charge in [-0.25, -0.2) is 0 Å². The van der Waals surface area contributed by atoms with Crippen molar-refractivity contribution >= 4 is 11.5 Å². The molecule has 0 bridgehead atoms. The van der Waals surface area contributed by atoms with Gasteiger partial charge in [-0.1, -0.05) is 13.8 Å². The minimum absolute atomic E-state index is 0.0466. The molecule has 0 radical (unpaired) electrons. The first kappa shape index (κ1) is 15.5. The number of Topliss-reactive ketones (excluding diaryl/α,β-unsaturated/α-hetero) is 1. The summed E-state index contributed by atoms with van der Waals surface area (Å²) in [5.74, 6) is 2.08. The van der Waals surface area contributed by atoms with Gasteiger partial charge < -0.3 is 10.6 Å². The molecule has 4 rings (SSSR count). The summed E-state index contributed by atoms with van der Waals surface area (Å²) >= 11 is 0. The fraction of sp³-hybridized carbons (Fsp3) is 0.895. The van der Waals surface area contributed by atoms with Gasteiger partial charge in [-0.3, -0.25) is 4.79 Å². The number of hydrogen-bond donors (Lipinski definition) is 1. The Balaban J connectivity index is 1.69. The maximum atomic E-state index is 12.1. The normalized spacial score (nSPS) is 52.4. The van der Waals surface area contributed by atoms with Gasteiger partial charge in [-0.2, -0.15) is 4.79 Å². The van der Waals surface area contributed by atoms with Crippen molar-refractivity contribution in [3.63, 3.8) is 0 Å². The van der Waals surface area contributed by atoms with Crippen molar-refractivity contribution in [3.05, 3.63) is 5.53 Å². The van der Waals surface area contributed by atoms with Gasteiger partial charge in [0.05, 0.1) is 12.0 Å². The third-order valence-corrected chi connectivity index (χ3v) is 8.43. The van der Waals surface area contributed by atoms with Crippen molar-refractivity contribution < 1.29 is 14.7 Å². The van der Waals surface area contributed by atoms with E-state index >= 15 is 0 Å². The predicted molar refractivity (Wildman–Crippen MR) is 86.8 cm³/mol. The van der Waals surface area contributed by atoms with Crippen molar-refractivity contribution in [2.45, 2.75) is 71.3 Å². The molecule has 23 heavy (non-hydrogen) atoms. The van der Waals surface area contributed by atoms with Crippen LogP contribution < -0.4 is 0 Å². The molecular formula is C19H28N2O2. The summed E-state index contributed by atoms with van der Waals surface area (Å²) in [5, 5.41) is 10.5. The highest BCUT2D eigenvalue weighted by atomic mass is 16.3. The molecule has 0 aromatic rings. The van der Waals surface area contributed by atoms with E-state index in [0.717, 1.165) is 44.9 Å². The minimum Gasteiger partial charge on any atom is -0.393 e. The lowest BCUT2D eigenvalue weighted by Crippen LogP contribution is -2.56. The van der Waals surface area contributed by atoms with E-state index in [2.05, 4.69) is 18.6 Å². The quantitative estimate of drug-likeness (QED) is 0.550. The molecule has 126 valence electrons. The molecule has 4 aliphatic rings. The van der Waals surface area contributed by atoms with Crippen LogP contribution in [0.25, 0.3) is 5.53 Å². The molecule has 0 aromatic carbocycles. The van der Waals surface area contributed by atoms with Crippen LogP contribution in [-0.2, 0) is 4.79 Å². The first-order valence-electron chi connectivity index (χ1n) is 9.35. The topological polar surface area (TPSA) is 73.7 Å². The first-order valence-corrected chi connectivity index (χ1v) is 9.35. The third-order valence-electron chi connectivity index (χ3n) is 8.43. The van der Waals surface area contributed by atoms with E-state index in [1.807, 2.05) is 0 Å². The van der Waals surface area contributed by atoms with E-state index in [1.54, 1.807) is 0 Å². The molecular weight excluding hydrogens is 288 g/mol. The molecule has 0 spiro atoms. The second-order valence-electron chi connectivity index (χ2n) is 9.06. The number of aliphatic hydroxyl groups is 1. The Bertz CT molecular complexity index is 596. The second kappa shape index (κ2) is 5.00. The van der Waals surface area contributed by atoms with Gasteiger partial charge in [0.1, 0.15) is 0 Å². The van der Waals surface area contributed by atoms with Crippen LogP contribution in [-0.4, -0.2) is 27.5 Å². The van der Waals surface area contributed by atoms with Gasteiger partial charge in [-0.05, 0) is 73.5 Å². The Morgan fingerprint density at radius 1 is 1.04 bits per heavy atom. The Kier molecular flexibility index (Phi) is 3.38. The lowest BCUT2D eigenvalue weighted by atomic mass is 9.45. The van der Waals surface area contributed by atoms with E-state index in [0.29, 0.717) is 29.9 Å². The smallest absolute Gasteiger partial charge is 0.337 e. The van der Waals surface area contributed by atoms with Crippen molar-refractivity contribution in [1.82, 2.24) is 0 Å². The molecule has 0 aliphatic heterocycles. The highest BCUT2D eigenvalue weighted by molar-refractivity contribution is 6.39. The third kappa shape index (κ3) is 1.91. The molecule has 4 heteroatoms. The molecule has 0 amide bonds. The zero-order chi connectivity index (χ0) is 16.4. The number of carbonyl (C=O) groups is 1. The number of carbonyl (C=O) groups excluding carboxylic acids is 1. The van der Waals surface area contributed by atoms with Crippen LogP contribution in [0.3, 0.4) is 0 Å². The molecule has 0 heterocycles.